The molecule has 1 saturated heterocycles. The maximum absolute atomic E-state index is 12.5. The first kappa shape index (κ1) is 18.6. The van der Waals surface area contributed by atoms with Gasteiger partial charge in [0.15, 0.2) is 0 Å². The van der Waals surface area contributed by atoms with Crippen molar-refractivity contribution in [2.24, 2.45) is 0 Å². The minimum Gasteiger partial charge on any atom is -0.273 e. The summed E-state index contributed by atoms with van der Waals surface area (Å²) in [6.45, 7) is 1.73. The van der Waals surface area contributed by atoms with E-state index in [4.69, 9.17) is 0 Å². The molecule has 1 atom stereocenters. The van der Waals surface area contributed by atoms with Crippen molar-refractivity contribution in [2.45, 2.75) is 24.3 Å². The number of hydrogen-bond donors (Lipinski definition) is 1. The Morgan fingerprint density at radius 1 is 1.04 bits per heavy atom. The van der Waals surface area contributed by atoms with Gasteiger partial charge in [0.05, 0.1) is 16.3 Å². The molecule has 1 aliphatic rings. The monoisotopic (exact) mass is 394 g/mol. The van der Waals surface area contributed by atoms with E-state index in [9.17, 15) is 21.6 Å². The summed E-state index contributed by atoms with van der Waals surface area (Å²) in [5, 5.41) is 0. The Hall–Kier alpha value is -2.23. The highest BCUT2D eigenvalue weighted by atomic mass is 32.2. The summed E-state index contributed by atoms with van der Waals surface area (Å²) in [6, 6.07) is 13.9. The predicted octanol–water partition coefficient (Wildman–Crippen LogP) is 1.79. The van der Waals surface area contributed by atoms with Crippen LogP contribution in [0.3, 0.4) is 0 Å². The molecule has 1 N–H and O–H groups in total. The third kappa shape index (κ3) is 3.64. The van der Waals surface area contributed by atoms with Crippen LogP contribution in [-0.2, 0) is 24.8 Å². The highest BCUT2D eigenvalue weighted by Gasteiger charge is 2.36. The van der Waals surface area contributed by atoms with Crippen molar-refractivity contribution in [3.05, 3.63) is 60.2 Å². The highest BCUT2D eigenvalue weighted by Crippen LogP contribution is 2.26. The van der Waals surface area contributed by atoms with Gasteiger partial charge in [-0.15, -0.1) is 0 Å². The fourth-order valence-electron chi connectivity index (χ4n) is 2.74. The summed E-state index contributed by atoms with van der Waals surface area (Å²) < 4.78 is 52.2. The lowest BCUT2D eigenvalue weighted by atomic mass is 10.1. The second kappa shape index (κ2) is 6.82. The molecule has 138 valence electrons. The quantitative estimate of drug-likeness (QED) is 0.833. The first-order chi connectivity index (χ1) is 12.2. The lowest BCUT2D eigenvalue weighted by molar-refractivity contribution is -0.116. The van der Waals surface area contributed by atoms with Gasteiger partial charge in [-0.3, -0.25) is 4.79 Å². The van der Waals surface area contributed by atoms with E-state index < -0.39 is 32.0 Å². The molecule has 7 nitrogen and oxygen atoms in total. The number of nitrogens with zero attached hydrogens (tertiary/aromatic N) is 1. The third-order valence-corrected chi connectivity index (χ3v) is 7.34. The van der Waals surface area contributed by atoms with Gasteiger partial charge in [-0.05, 0) is 36.8 Å². The van der Waals surface area contributed by atoms with Crippen LogP contribution in [0.5, 0.6) is 0 Å². The normalized spacial score (nSPS) is 18.0. The Labute approximate surface area is 152 Å². The van der Waals surface area contributed by atoms with Gasteiger partial charge in [0, 0.05) is 12.5 Å². The van der Waals surface area contributed by atoms with Crippen LogP contribution in [0.25, 0.3) is 0 Å². The van der Waals surface area contributed by atoms with Gasteiger partial charge in [-0.1, -0.05) is 30.3 Å². The highest BCUT2D eigenvalue weighted by molar-refractivity contribution is 7.94. The van der Waals surface area contributed by atoms with E-state index in [1.54, 1.807) is 6.92 Å². The molecule has 1 amide bonds. The van der Waals surface area contributed by atoms with Crippen molar-refractivity contribution in [3.63, 3.8) is 0 Å². The molecular formula is C17H18N2O5S2. The number of hydrogen-bond acceptors (Lipinski definition) is 5. The molecule has 0 saturated carbocycles. The number of anilines is 1. The SMILES string of the molecule is C[C@H](NS(=O)(=O)c1ccc(N2C(=O)CCS2(=O)=O)cc1)c1ccccc1. The summed E-state index contributed by atoms with van der Waals surface area (Å²) in [4.78, 5) is 11.8. The summed E-state index contributed by atoms with van der Waals surface area (Å²) in [6.07, 6.45) is -0.0709. The van der Waals surface area contributed by atoms with Crippen LogP contribution >= 0.6 is 0 Å². The van der Waals surface area contributed by atoms with E-state index in [0.717, 1.165) is 9.87 Å². The Morgan fingerprint density at radius 2 is 1.65 bits per heavy atom. The average Bonchev–Trinajstić information content (AvgIpc) is 2.88. The van der Waals surface area contributed by atoms with E-state index >= 15 is 0 Å². The number of carbonyl (C=O) groups is 1. The maximum atomic E-state index is 12.5. The molecule has 0 aliphatic carbocycles. The van der Waals surface area contributed by atoms with Crippen LogP contribution in [0.15, 0.2) is 59.5 Å². The van der Waals surface area contributed by atoms with E-state index in [2.05, 4.69) is 4.72 Å². The van der Waals surface area contributed by atoms with Crippen molar-refractivity contribution in [3.8, 4) is 0 Å². The van der Waals surface area contributed by atoms with Crippen LogP contribution in [0.4, 0.5) is 5.69 Å². The smallest absolute Gasteiger partial charge is 0.242 e. The summed E-state index contributed by atoms with van der Waals surface area (Å²) in [5.74, 6) is -0.751. The van der Waals surface area contributed by atoms with Crippen LogP contribution in [-0.4, -0.2) is 28.5 Å². The number of sulfonamides is 2. The number of benzene rings is 2. The minimum atomic E-state index is -3.79. The molecule has 0 bridgehead atoms. The van der Waals surface area contributed by atoms with Crippen LogP contribution in [0.1, 0.15) is 24.9 Å². The molecular weight excluding hydrogens is 376 g/mol. The fraction of sp³-hybridized carbons (Fsp3) is 0.235. The standard InChI is InChI=1S/C17H18N2O5S2/c1-13(14-5-3-2-4-6-14)18-26(23,24)16-9-7-15(8-10-16)19-17(20)11-12-25(19,21)22/h2-10,13,18H,11-12H2,1H3/t13-/m0/s1. The van der Waals surface area contributed by atoms with Gasteiger partial charge in [0.2, 0.25) is 26.0 Å². The second-order valence-corrected chi connectivity index (χ2v) is 9.62. The number of nitrogens with one attached hydrogen (secondary N) is 1. The van der Waals surface area contributed by atoms with Gasteiger partial charge >= 0.3 is 0 Å². The Bertz CT molecular complexity index is 1020. The zero-order valence-electron chi connectivity index (χ0n) is 14.0. The molecule has 0 aromatic heterocycles. The molecule has 0 radical (unpaired) electrons. The molecule has 26 heavy (non-hydrogen) atoms. The van der Waals surface area contributed by atoms with Crippen molar-refractivity contribution in [1.29, 1.82) is 0 Å². The molecule has 0 spiro atoms. The minimum absolute atomic E-state index is 0.00641. The lowest BCUT2D eigenvalue weighted by Crippen LogP contribution is -2.29. The third-order valence-electron chi connectivity index (χ3n) is 4.09. The maximum Gasteiger partial charge on any atom is 0.242 e. The molecule has 0 unspecified atom stereocenters. The van der Waals surface area contributed by atoms with E-state index in [1.165, 1.54) is 24.3 Å². The average molecular weight is 394 g/mol. The van der Waals surface area contributed by atoms with Gasteiger partial charge in [0.1, 0.15) is 0 Å². The first-order valence-electron chi connectivity index (χ1n) is 7.94. The largest absolute Gasteiger partial charge is 0.273 e. The summed E-state index contributed by atoms with van der Waals surface area (Å²) in [5.41, 5.74) is 0.962. The zero-order valence-corrected chi connectivity index (χ0v) is 15.6. The van der Waals surface area contributed by atoms with E-state index in [-0.39, 0.29) is 22.8 Å². The van der Waals surface area contributed by atoms with Gasteiger partial charge in [-0.2, -0.15) is 0 Å². The van der Waals surface area contributed by atoms with Crippen LogP contribution in [0.2, 0.25) is 0 Å². The molecule has 3 rings (SSSR count). The molecule has 9 heteroatoms. The molecule has 1 fully saturated rings. The molecule has 1 heterocycles. The van der Waals surface area contributed by atoms with Gasteiger partial charge in [0.25, 0.3) is 0 Å². The molecule has 1 aliphatic heterocycles. The van der Waals surface area contributed by atoms with Crippen molar-refractivity contribution >= 4 is 31.6 Å². The Balaban J connectivity index is 1.82. The van der Waals surface area contributed by atoms with E-state index in [1.807, 2.05) is 30.3 Å². The lowest BCUT2D eigenvalue weighted by Gasteiger charge is -2.17. The first-order valence-corrected chi connectivity index (χ1v) is 11.0. The summed E-state index contributed by atoms with van der Waals surface area (Å²) in [7, 11) is -7.47. The fourth-order valence-corrected chi connectivity index (χ4v) is 5.43. The van der Waals surface area contributed by atoms with Crippen molar-refractivity contribution < 1.29 is 21.6 Å². The zero-order chi connectivity index (χ0) is 18.9. The van der Waals surface area contributed by atoms with Crippen LogP contribution in [0, 0.1) is 0 Å². The second-order valence-electron chi connectivity index (χ2n) is 5.97. The van der Waals surface area contributed by atoms with Gasteiger partial charge in [-0.25, -0.2) is 25.9 Å². The van der Waals surface area contributed by atoms with Crippen molar-refractivity contribution in [2.75, 3.05) is 10.1 Å². The Kier molecular flexibility index (Phi) is 4.87. The topological polar surface area (TPSA) is 101 Å². The number of rotatable bonds is 5. The van der Waals surface area contributed by atoms with Crippen LogP contribution < -0.4 is 9.03 Å². The predicted molar refractivity (Wildman–Crippen MR) is 97.5 cm³/mol. The summed E-state index contributed by atoms with van der Waals surface area (Å²) >= 11 is 0. The van der Waals surface area contributed by atoms with E-state index in [0.29, 0.717) is 0 Å². The Morgan fingerprint density at radius 3 is 2.19 bits per heavy atom. The number of carbonyl (C=O) groups excluding carboxylic acids is 1. The van der Waals surface area contributed by atoms with Gasteiger partial charge < -0.3 is 0 Å². The number of amides is 1. The van der Waals surface area contributed by atoms with Crippen molar-refractivity contribution in [1.82, 2.24) is 4.72 Å². The molecule has 2 aromatic carbocycles. The molecule has 2 aromatic rings.